The van der Waals surface area contributed by atoms with Crippen LogP contribution in [-0.4, -0.2) is 22.9 Å². The van der Waals surface area contributed by atoms with Gasteiger partial charge in [0.25, 0.3) is 5.91 Å². The number of hydrogen-bond donors (Lipinski definition) is 2. The molecule has 2 unspecified atom stereocenters. The van der Waals surface area contributed by atoms with Crippen LogP contribution in [0.3, 0.4) is 0 Å². The Bertz CT molecular complexity index is 461. The minimum Gasteiger partial charge on any atom is -0.508 e. The van der Waals surface area contributed by atoms with E-state index in [0.29, 0.717) is 17.4 Å². The summed E-state index contributed by atoms with van der Waals surface area (Å²) >= 11 is 5.89. The molecule has 1 saturated carbocycles. The molecule has 4 heteroatoms. The Morgan fingerprint density at radius 2 is 2.26 bits per heavy atom. The van der Waals surface area contributed by atoms with Crippen molar-refractivity contribution in [2.75, 3.05) is 5.88 Å². The maximum atomic E-state index is 12.1. The van der Waals surface area contributed by atoms with E-state index in [-0.39, 0.29) is 17.7 Å². The number of benzene rings is 1. The molecule has 1 aromatic carbocycles. The minimum absolute atomic E-state index is 0.115. The van der Waals surface area contributed by atoms with Gasteiger partial charge in [-0.15, -0.1) is 11.6 Å². The second-order valence-electron chi connectivity index (χ2n) is 5.36. The zero-order valence-electron chi connectivity index (χ0n) is 11.2. The molecular formula is C15H20ClNO2. The van der Waals surface area contributed by atoms with Crippen molar-refractivity contribution in [3.63, 3.8) is 0 Å². The van der Waals surface area contributed by atoms with Crippen LogP contribution in [0.5, 0.6) is 5.75 Å². The molecule has 0 saturated heterocycles. The second-order valence-corrected chi connectivity index (χ2v) is 5.67. The third kappa shape index (κ3) is 3.63. The van der Waals surface area contributed by atoms with Crippen LogP contribution >= 0.6 is 11.6 Å². The number of amides is 1. The number of aryl methyl sites for hydroxylation is 1. The Balaban J connectivity index is 1.98. The molecule has 3 nitrogen and oxygen atoms in total. The number of alkyl halides is 1. The maximum Gasteiger partial charge on any atom is 0.251 e. The number of halogens is 1. The highest BCUT2D eigenvalue weighted by atomic mass is 35.5. The lowest BCUT2D eigenvalue weighted by Gasteiger charge is -2.28. The van der Waals surface area contributed by atoms with E-state index in [1.165, 1.54) is 6.07 Å². The van der Waals surface area contributed by atoms with Crippen LogP contribution in [0.15, 0.2) is 18.2 Å². The fraction of sp³-hybridized carbons (Fsp3) is 0.533. The Morgan fingerprint density at radius 3 is 2.95 bits per heavy atom. The summed E-state index contributed by atoms with van der Waals surface area (Å²) in [5.41, 5.74) is 1.28. The molecule has 19 heavy (non-hydrogen) atoms. The maximum absolute atomic E-state index is 12.1. The van der Waals surface area contributed by atoms with Gasteiger partial charge in [-0.05, 0) is 49.8 Å². The first kappa shape index (κ1) is 14.2. The summed E-state index contributed by atoms with van der Waals surface area (Å²) in [5, 5.41) is 12.7. The van der Waals surface area contributed by atoms with E-state index in [1.807, 2.05) is 6.92 Å². The van der Waals surface area contributed by atoms with Crippen LogP contribution in [0, 0.1) is 12.8 Å². The average Bonchev–Trinajstić information content (AvgIpc) is 2.42. The smallest absolute Gasteiger partial charge is 0.251 e. The normalized spacial score (nSPS) is 23.1. The SMILES string of the molecule is Cc1ccc(C(=O)NC2CCCC(CCl)C2)cc1O. The lowest BCUT2D eigenvalue weighted by Crippen LogP contribution is -2.38. The molecule has 2 atom stereocenters. The van der Waals surface area contributed by atoms with Gasteiger partial charge in [-0.25, -0.2) is 0 Å². The lowest BCUT2D eigenvalue weighted by molar-refractivity contribution is 0.0921. The van der Waals surface area contributed by atoms with Crippen molar-refractivity contribution >= 4 is 17.5 Å². The van der Waals surface area contributed by atoms with Crippen LogP contribution < -0.4 is 5.32 Å². The Kier molecular flexibility index (Phi) is 4.70. The van der Waals surface area contributed by atoms with Gasteiger partial charge in [0.15, 0.2) is 0 Å². The highest BCUT2D eigenvalue weighted by Crippen LogP contribution is 2.25. The topological polar surface area (TPSA) is 49.3 Å². The van der Waals surface area contributed by atoms with Crippen molar-refractivity contribution in [2.24, 2.45) is 5.92 Å². The van der Waals surface area contributed by atoms with Crippen molar-refractivity contribution in [1.29, 1.82) is 0 Å². The fourth-order valence-electron chi connectivity index (χ4n) is 2.58. The van der Waals surface area contributed by atoms with Crippen LogP contribution in [0.2, 0.25) is 0 Å². The first-order chi connectivity index (χ1) is 9.10. The summed E-state index contributed by atoms with van der Waals surface area (Å²) in [5.74, 6) is 1.22. The fourth-order valence-corrected chi connectivity index (χ4v) is 2.86. The number of nitrogens with one attached hydrogen (secondary N) is 1. The van der Waals surface area contributed by atoms with Crippen molar-refractivity contribution in [2.45, 2.75) is 38.6 Å². The minimum atomic E-state index is -0.115. The van der Waals surface area contributed by atoms with Gasteiger partial charge in [-0.1, -0.05) is 12.5 Å². The van der Waals surface area contributed by atoms with Crippen LogP contribution in [-0.2, 0) is 0 Å². The summed E-state index contributed by atoms with van der Waals surface area (Å²) in [7, 11) is 0. The van der Waals surface area contributed by atoms with Gasteiger partial charge in [0.2, 0.25) is 0 Å². The molecule has 1 aromatic rings. The molecule has 1 aliphatic carbocycles. The van der Waals surface area contributed by atoms with Crippen LogP contribution in [0.4, 0.5) is 0 Å². The van der Waals surface area contributed by atoms with Crippen molar-refractivity contribution in [3.8, 4) is 5.75 Å². The first-order valence-corrected chi connectivity index (χ1v) is 7.30. The number of carbonyl (C=O) groups is 1. The zero-order chi connectivity index (χ0) is 13.8. The van der Waals surface area contributed by atoms with Crippen LogP contribution in [0.1, 0.15) is 41.6 Å². The van der Waals surface area contributed by atoms with E-state index < -0.39 is 0 Å². The molecular weight excluding hydrogens is 262 g/mol. The molecule has 0 radical (unpaired) electrons. The van der Waals surface area contributed by atoms with Gasteiger partial charge >= 0.3 is 0 Å². The van der Waals surface area contributed by atoms with Crippen molar-refractivity contribution < 1.29 is 9.90 Å². The summed E-state index contributed by atoms with van der Waals surface area (Å²) < 4.78 is 0. The molecule has 1 amide bonds. The molecule has 0 bridgehead atoms. The lowest BCUT2D eigenvalue weighted by atomic mass is 9.87. The van der Waals surface area contributed by atoms with E-state index in [0.717, 1.165) is 31.2 Å². The number of phenolic OH excluding ortho intramolecular Hbond substituents is 1. The van der Waals surface area contributed by atoms with Gasteiger partial charge in [0, 0.05) is 17.5 Å². The van der Waals surface area contributed by atoms with E-state index in [4.69, 9.17) is 11.6 Å². The predicted octanol–water partition coefficient (Wildman–Crippen LogP) is 3.23. The van der Waals surface area contributed by atoms with Crippen molar-refractivity contribution in [3.05, 3.63) is 29.3 Å². The van der Waals surface area contributed by atoms with Gasteiger partial charge in [0.05, 0.1) is 0 Å². The van der Waals surface area contributed by atoms with Crippen LogP contribution in [0.25, 0.3) is 0 Å². The number of rotatable bonds is 3. The first-order valence-electron chi connectivity index (χ1n) is 6.76. The third-order valence-electron chi connectivity index (χ3n) is 3.81. The molecule has 0 aromatic heterocycles. The molecule has 104 valence electrons. The quantitative estimate of drug-likeness (QED) is 0.836. The molecule has 1 fully saturated rings. The summed E-state index contributed by atoms with van der Waals surface area (Å²) in [6, 6.07) is 5.22. The monoisotopic (exact) mass is 281 g/mol. The Hall–Kier alpha value is -1.22. The summed E-state index contributed by atoms with van der Waals surface area (Å²) in [6.45, 7) is 1.81. The Morgan fingerprint density at radius 1 is 1.47 bits per heavy atom. The van der Waals surface area contributed by atoms with Gasteiger partial charge in [-0.2, -0.15) is 0 Å². The van der Waals surface area contributed by atoms with E-state index in [9.17, 15) is 9.90 Å². The summed E-state index contributed by atoms with van der Waals surface area (Å²) in [6.07, 6.45) is 4.23. The number of hydrogen-bond acceptors (Lipinski definition) is 2. The largest absolute Gasteiger partial charge is 0.508 e. The molecule has 0 spiro atoms. The molecule has 2 rings (SSSR count). The van der Waals surface area contributed by atoms with E-state index in [2.05, 4.69) is 5.32 Å². The number of aromatic hydroxyl groups is 1. The van der Waals surface area contributed by atoms with Gasteiger partial charge in [-0.3, -0.25) is 4.79 Å². The average molecular weight is 282 g/mol. The zero-order valence-corrected chi connectivity index (χ0v) is 11.9. The third-order valence-corrected chi connectivity index (χ3v) is 4.24. The van der Waals surface area contributed by atoms with Gasteiger partial charge < -0.3 is 10.4 Å². The molecule has 2 N–H and O–H groups in total. The Labute approximate surface area is 119 Å². The molecule has 0 aliphatic heterocycles. The summed E-state index contributed by atoms with van der Waals surface area (Å²) in [4.78, 5) is 12.1. The van der Waals surface area contributed by atoms with E-state index >= 15 is 0 Å². The number of carbonyl (C=O) groups excluding carboxylic acids is 1. The predicted molar refractivity (Wildman–Crippen MR) is 76.8 cm³/mol. The highest BCUT2D eigenvalue weighted by Gasteiger charge is 2.23. The van der Waals surface area contributed by atoms with E-state index in [1.54, 1.807) is 12.1 Å². The number of phenols is 1. The highest BCUT2D eigenvalue weighted by molar-refractivity contribution is 6.18. The van der Waals surface area contributed by atoms with Crippen molar-refractivity contribution in [1.82, 2.24) is 5.32 Å². The second kappa shape index (κ2) is 6.29. The standard InChI is InChI=1S/C15H20ClNO2/c1-10-5-6-12(8-14(10)18)15(19)17-13-4-2-3-11(7-13)9-16/h5-6,8,11,13,18H,2-4,7,9H2,1H3,(H,17,19). The van der Waals surface area contributed by atoms with Gasteiger partial charge in [0.1, 0.15) is 5.75 Å². The molecule has 1 aliphatic rings. The molecule has 0 heterocycles.